The fourth-order valence-electron chi connectivity index (χ4n) is 2.22. The van der Waals surface area contributed by atoms with Gasteiger partial charge in [-0.1, -0.05) is 0 Å². The van der Waals surface area contributed by atoms with Gasteiger partial charge in [-0.2, -0.15) is 0 Å². The minimum Gasteiger partial charge on any atom is -0.454 e. The van der Waals surface area contributed by atoms with Gasteiger partial charge in [-0.15, -0.1) is 0 Å². The second-order valence-corrected chi connectivity index (χ2v) is 5.84. The van der Waals surface area contributed by atoms with Gasteiger partial charge in [-0.25, -0.2) is 0 Å². The van der Waals surface area contributed by atoms with Gasteiger partial charge in [0, 0.05) is 38.9 Å². The van der Waals surface area contributed by atoms with E-state index in [2.05, 4.69) is 5.32 Å². The first-order chi connectivity index (χ1) is 11.9. The number of hydrogen-bond donors (Lipinski definition) is 2. The minimum absolute atomic E-state index is 0.0696. The largest absolute Gasteiger partial charge is 0.454 e. The third-order valence-corrected chi connectivity index (χ3v) is 3.71. The average molecular weight is 345 g/mol. The van der Waals surface area contributed by atoms with Gasteiger partial charge < -0.3 is 24.6 Å². The molecule has 0 aliphatic heterocycles. The van der Waals surface area contributed by atoms with E-state index in [-0.39, 0.29) is 30.7 Å². The Balaban J connectivity index is 1.93. The molecule has 7 heteroatoms. The Morgan fingerprint density at radius 1 is 1.08 bits per heavy atom. The number of hydrogen-bond acceptors (Lipinski definition) is 5. The van der Waals surface area contributed by atoms with E-state index < -0.39 is 0 Å². The number of carbonyl (C=O) groups is 2. The van der Waals surface area contributed by atoms with E-state index in [1.165, 1.54) is 4.90 Å². The Morgan fingerprint density at radius 3 is 2.36 bits per heavy atom. The number of amides is 2. The summed E-state index contributed by atoms with van der Waals surface area (Å²) in [5.74, 6) is 0.303. The number of aliphatic hydroxyl groups excluding tert-OH is 1. The standard InChI is InChI=1S/C18H23N3O4/c1-20(2)18(24)16-9-8-15(25-16)12-19-17(23)13-4-6-14(7-5-13)21(3)10-11-22/h4-9,22H,10-12H2,1-3H3,(H,19,23). The van der Waals surface area contributed by atoms with Crippen molar-refractivity contribution in [1.82, 2.24) is 10.2 Å². The molecule has 0 saturated carbocycles. The summed E-state index contributed by atoms with van der Waals surface area (Å²) in [6.07, 6.45) is 0. The van der Waals surface area contributed by atoms with Crippen molar-refractivity contribution in [2.24, 2.45) is 0 Å². The van der Waals surface area contributed by atoms with Gasteiger partial charge in [0.25, 0.3) is 11.8 Å². The Labute approximate surface area is 146 Å². The summed E-state index contributed by atoms with van der Waals surface area (Å²) >= 11 is 0. The normalized spacial score (nSPS) is 10.4. The van der Waals surface area contributed by atoms with Crippen molar-refractivity contribution < 1.29 is 19.1 Å². The van der Waals surface area contributed by atoms with Gasteiger partial charge in [0.05, 0.1) is 13.2 Å². The van der Waals surface area contributed by atoms with Gasteiger partial charge in [0.15, 0.2) is 5.76 Å². The average Bonchev–Trinajstić information content (AvgIpc) is 3.08. The zero-order valence-corrected chi connectivity index (χ0v) is 14.7. The molecule has 7 nitrogen and oxygen atoms in total. The molecule has 1 aromatic carbocycles. The highest BCUT2D eigenvalue weighted by molar-refractivity contribution is 5.94. The smallest absolute Gasteiger partial charge is 0.289 e. The monoisotopic (exact) mass is 345 g/mol. The lowest BCUT2D eigenvalue weighted by Gasteiger charge is -2.17. The molecule has 2 aromatic rings. The number of nitrogens with one attached hydrogen (secondary N) is 1. The molecule has 2 rings (SSSR count). The van der Waals surface area contributed by atoms with Crippen LogP contribution in [0.5, 0.6) is 0 Å². The highest BCUT2D eigenvalue weighted by Crippen LogP contribution is 2.14. The van der Waals surface area contributed by atoms with E-state index in [1.54, 1.807) is 38.4 Å². The Kier molecular flexibility index (Phi) is 6.19. The Morgan fingerprint density at radius 2 is 1.76 bits per heavy atom. The number of benzene rings is 1. The third kappa shape index (κ3) is 4.84. The lowest BCUT2D eigenvalue weighted by Crippen LogP contribution is -2.23. The van der Waals surface area contributed by atoms with Crippen LogP contribution in [0.1, 0.15) is 26.7 Å². The van der Waals surface area contributed by atoms with E-state index >= 15 is 0 Å². The number of nitrogens with zero attached hydrogens (tertiary/aromatic N) is 2. The van der Waals surface area contributed by atoms with Crippen molar-refractivity contribution >= 4 is 17.5 Å². The van der Waals surface area contributed by atoms with Crippen molar-refractivity contribution in [3.63, 3.8) is 0 Å². The summed E-state index contributed by atoms with van der Waals surface area (Å²) in [5.41, 5.74) is 1.45. The molecule has 25 heavy (non-hydrogen) atoms. The first kappa shape index (κ1) is 18.5. The van der Waals surface area contributed by atoms with Crippen molar-refractivity contribution in [1.29, 1.82) is 0 Å². The van der Waals surface area contributed by atoms with E-state index in [1.807, 2.05) is 24.1 Å². The number of carbonyl (C=O) groups excluding carboxylic acids is 2. The van der Waals surface area contributed by atoms with Crippen molar-refractivity contribution in [2.75, 3.05) is 39.2 Å². The SMILES string of the molecule is CN(C)C(=O)c1ccc(CNC(=O)c2ccc(N(C)CCO)cc2)o1. The molecular weight excluding hydrogens is 322 g/mol. The van der Waals surface area contributed by atoms with Crippen LogP contribution in [0, 0.1) is 0 Å². The van der Waals surface area contributed by atoms with Gasteiger partial charge in [-0.05, 0) is 36.4 Å². The maximum absolute atomic E-state index is 12.2. The zero-order valence-electron chi connectivity index (χ0n) is 14.7. The van der Waals surface area contributed by atoms with Crippen molar-refractivity contribution in [3.8, 4) is 0 Å². The second kappa shape index (κ2) is 8.34. The summed E-state index contributed by atoms with van der Waals surface area (Å²) in [5, 5.41) is 11.7. The predicted octanol–water partition coefficient (Wildman–Crippen LogP) is 1.34. The van der Waals surface area contributed by atoms with Crippen LogP contribution in [0.15, 0.2) is 40.8 Å². The van der Waals surface area contributed by atoms with Crippen LogP contribution >= 0.6 is 0 Å². The van der Waals surface area contributed by atoms with E-state index in [9.17, 15) is 9.59 Å². The molecule has 2 amide bonds. The lowest BCUT2D eigenvalue weighted by atomic mass is 10.2. The minimum atomic E-state index is -0.228. The number of furan rings is 1. The maximum Gasteiger partial charge on any atom is 0.289 e. The molecule has 0 fully saturated rings. The van der Waals surface area contributed by atoms with Crippen LogP contribution in [-0.2, 0) is 6.54 Å². The topological polar surface area (TPSA) is 86.0 Å². The second-order valence-electron chi connectivity index (χ2n) is 5.84. The molecule has 0 aliphatic rings. The lowest BCUT2D eigenvalue weighted by molar-refractivity contribution is 0.0794. The van der Waals surface area contributed by atoms with Crippen LogP contribution < -0.4 is 10.2 Å². The highest BCUT2D eigenvalue weighted by atomic mass is 16.4. The Bertz CT molecular complexity index is 722. The van der Waals surface area contributed by atoms with Crippen molar-refractivity contribution in [2.45, 2.75) is 6.54 Å². The quantitative estimate of drug-likeness (QED) is 0.791. The molecule has 0 spiro atoms. The van der Waals surface area contributed by atoms with Gasteiger partial charge in [0.2, 0.25) is 0 Å². The van der Waals surface area contributed by atoms with Crippen LogP contribution in [0.4, 0.5) is 5.69 Å². The van der Waals surface area contributed by atoms with Gasteiger partial charge >= 0.3 is 0 Å². The maximum atomic E-state index is 12.2. The zero-order chi connectivity index (χ0) is 18.4. The summed E-state index contributed by atoms with van der Waals surface area (Å²) < 4.78 is 5.43. The fourth-order valence-corrected chi connectivity index (χ4v) is 2.22. The molecule has 0 radical (unpaired) electrons. The van der Waals surface area contributed by atoms with Gasteiger partial charge in [0.1, 0.15) is 5.76 Å². The number of rotatable bonds is 7. The highest BCUT2D eigenvalue weighted by Gasteiger charge is 2.14. The van der Waals surface area contributed by atoms with Crippen LogP contribution in [0.3, 0.4) is 0 Å². The van der Waals surface area contributed by atoms with Crippen LogP contribution in [-0.4, -0.2) is 56.1 Å². The van der Waals surface area contributed by atoms with Crippen LogP contribution in [0.25, 0.3) is 0 Å². The number of aliphatic hydroxyl groups is 1. The van der Waals surface area contributed by atoms with Crippen LogP contribution in [0.2, 0.25) is 0 Å². The van der Waals surface area contributed by atoms with E-state index in [0.29, 0.717) is 17.9 Å². The first-order valence-electron chi connectivity index (χ1n) is 7.93. The van der Waals surface area contributed by atoms with E-state index in [4.69, 9.17) is 9.52 Å². The molecule has 0 saturated heterocycles. The molecule has 0 unspecified atom stereocenters. The molecule has 1 aromatic heterocycles. The summed E-state index contributed by atoms with van der Waals surface area (Å²) in [6.45, 7) is 0.796. The number of likely N-dealkylation sites (N-methyl/N-ethyl adjacent to an activating group) is 1. The first-order valence-corrected chi connectivity index (χ1v) is 7.93. The molecule has 0 atom stereocenters. The third-order valence-electron chi connectivity index (χ3n) is 3.71. The molecule has 0 bridgehead atoms. The number of anilines is 1. The summed E-state index contributed by atoms with van der Waals surface area (Å²) in [7, 11) is 5.16. The predicted molar refractivity (Wildman–Crippen MR) is 94.7 cm³/mol. The molecule has 134 valence electrons. The summed E-state index contributed by atoms with van der Waals surface area (Å²) in [4.78, 5) is 27.3. The van der Waals surface area contributed by atoms with Gasteiger partial charge in [-0.3, -0.25) is 9.59 Å². The fraction of sp³-hybridized carbons (Fsp3) is 0.333. The van der Waals surface area contributed by atoms with E-state index in [0.717, 1.165) is 5.69 Å². The van der Waals surface area contributed by atoms with Crippen molar-refractivity contribution in [3.05, 3.63) is 53.5 Å². The Hall–Kier alpha value is -2.80. The molecule has 0 aliphatic carbocycles. The molecule has 2 N–H and O–H groups in total. The molecule has 1 heterocycles. The molecular formula is C18H23N3O4. The summed E-state index contributed by atoms with van der Waals surface area (Å²) in [6, 6.07) is 10.4.